The van der Waals surface area contributed by atoms with Crippen molar-refractivity contribution in [3.63, 3.8) is 0 Å². The van der Waals surface area contributed by atoms with Crippen LogP contribution in [-0.2, 0) is 4.79 Å². The van der Waals surface area contributed by atoms with Crippen LogP contribution in [0.1, 0.15) is 11.1 Å². The van der Waals surface area contributed by atoms with Crippen molar-refractivity contribution in [2.24, 2.45) is 0 Å². The standard InChI is InChI=1S/C24H23N3O3/c1-16-6-9-19(10-7-16)30-15-23(28)25-20-13-18(8-11-22(20)29-3)21-14-27-12-4-5-17(2)24(27)26-21/h4-14H,15H2,1-3H3,(H,25,28). The minimum absolute atomic E-state index is 0.0933. The summed E-state index contributed by atoms with van der Waals surface area (Å²) in [5.41, 5.74) is 5.41. The number of fused-ring (bicyclic) bond motifs is 1. The number of amides is 1. The molecule has 1 N–H and O–H groups in total. The maximum Gasteiger partial charge on any atom is 0.262 e. The van der Waals surface area contributed by atoms with Crippen LogP contribution >= 0.6 is 0 Å². The Balaban J connectivity index is 1.54. The van der Waals surface area contributed by atoms with E-state index in [9.17, 15) is 4.79 Å². The summed E-state index contributed by atoms with van der Waals surface area (Å²) in [4.78, 5) is 17.2. The van der Waals surface area contributed by atoms with Gasteiger partial charge in [0.1, 0.15) is 17.1 Å². The van der Waals surface area contributed by atoms with Gasteiger partial charge in [0.15, 0.2) is 6.61 Å². The number of carbonyl (C=O) groups excluding carboxylic acids is 1. The Morgan fingerprint density at radius 2 is 1.90 bits per heavy atom. The Labute approximate surface area is 175 Å². The number of anilines is 1. The lowest BCUT2D eigenvalue weighted by Gasteiger charge is -2.12. The maximum atomic E-state index is 12.4. The fourth-order valence-corrected chi connectivity index (χ4v) is 3.23. The maximum absolute atomic E-state index is 12.4. The first-order chi connectivity index (χ1) is 14.5. The molecule has 0 aliphatic carbocycles. The van der Waals surface area contributed by atoms with Gasteiger partial charge in [0, 0.05) is 18.0 Å². The van der Waals surface area contributed by atoms with Gasteiger partial charge in [-0.15, -0.1) is 0 Å². The third-order valence-electron chi connectivity index (χ3n) is 4.84. The summed E-state index contributed by atoms with van der Waals surface area (Å²) in [6.45, 7) is 3.93. The van der Waals surface area contributed by atoms with Crippen LogP contribution in [0.15, 0.2) is 67.0 Å². The number of ether oxygens (including phenoxy) is 2. The van der Waals surface area contributed by atoms with Crippen molar-refractivity contribution in [3.8, 4) is 22.8 Å². The molecular formula is C24H23N3O3. The first kappa shape index (κ1) is 19.5. The number of methoxy groups -OCH3 is 1. The molecule has 4 rings (SSSR count). The van der Waals surface area contributed by atoms with E-state index in [1.807, 2.05) is 85.2 Å². The van der Waals surface area contributed by atoms with E-state index in [0.29, 0.717) is 17.2 Å². The zero-order valence-corrected chi connectivity index (χ0v) is 17.2. The quantitative estimate of drug-likeness (QED) is 0.511. The molecule has 4 aromatic rings. The summed E-state index contributed by atoms with van der Waals surface area (Å²) in [6.07, 6.45) is 3.93. The molecule has 0 atom stereocenters. The van der Waals surface area contributed by atoms with Crippen molar-refractivity contribution in [3.05, 3.63) is 78.1 Å². The first-order valence-electron chi connectivity index (χ1n) is 9.65. The van der Waals surface area contributed by atoms with Gasteiger partial charge in [0.2, 0.25) is 0 Å². The largest absolute Gasteiger partial charge is 0.495 e. The van der Waals surface area contributed by atoms with E-state index in [1.165, 1.54) is 0 Å². The lowest BCUT2D eigenvalue weighted by atomic mass is 10.1. The van der Waals surface area contributed by atoms with Gasteiger partial charge in [-0.2, -0.15) is 0 Å². The highest BCUT2D eigenvalue weighted by Crippen LogP contribution is 2.30. The minimum Gasteiger partial charge on any atom is -0.495 e. The number of imidazole rings is 1. The smallest absolute Gasteiger partial charge is 0.262 e. The molecule has 0 unspecified atom stereocenters. The van der Waals surface area contributed by atoms with Gasteiger partial charge < -0.3 is 19.2 Å². The van der Waals surface area contributed by atoms with E-state index in [-0.39, 0.29) is 12.5 Å². The second-order valence-electron chi connectivity index (χ2n) is 7.11. The van der Waals surface area contributed by atoms with Gasteiger partial charge in [-0.1, -0.05) is 23.8 Å². The molecule has 0 fully saturated rings. The highest BCUT2D eigenvalue weighted by molar-refractivity contribution is 5.94. The molecule has 0 spiro atoms. The zero-order valence-electron chi connectivity index (χ0n) is 17.2. The number of nitrogens with zero attached hydrogens (tertiary/aromatic N) is 2. The number of pyridine rings is 1. The van der Waals surface area contributed by atoms with Crippen LogP contribution in [0.3, 0.4) is 0 Å². The Morgan fingerprint density at radius 3 is 2.63 bits per heavy atom. The van der Waals surface area contributed by atoms with Crippen LogP contribution in [-0.4, -0.2) is 29.0 Å². The number of nitrogens with one attached hydrogen (secondary N) is 1. The predicted molar refractivity (Wildman–Crippen MR) is 117 cm³/mol. The Kier molecular flexibility index (Phi) is 5.39. The molecule has 0 radical (unpaired) electrons. The molecule has 6 nitrogen and oxygen atoms in total. The second-order valence-corrected chi connectivity index (χ2v) is 7.11. The number of hydrogen-bond donors (Lipinski definition) is 1. The molecule has 0 bridgehead atoms. The van der Waals surface area contributed by atoms with Gasteiger partial charge in [-0.05, 0) is 55.8 Å². The zero-order chi connectivity index (χ0) is 21.1. The van der Waals surface area contributed by atoms with Gasteiger partial charge in [-0.25, -0.2) is 4.98 Å². The second kappa shape index (κ2) is 8.29. The van der Waals surface area contributed by atoms with Crippen molar-refractivity contribution in [2.45, 2.75) is 13.8 Å². The Hall–Kier alpha value is -3.80. The van der Waals surface area contributed by atoms with E-state index in [0.717, 1.165) is 28.0 Å². The number of rotatable bonds is 6. The van der Waals surface area contributed by atoms with E-state index in [1.54, 1.807) is 7.11 Å². The molecule has 30 heavy (non-hydrogen) atoms. The van der Waals surface area contributed by atoms with Crippen LogP contribution < -0.4 is 14.8 Å². The van der Waals surface area contributed by atoms with Crippen molar-refractivity contribution >= 4 is 17.2 Å². The average molecular weight is 401 g/mol. The fraction of sp³-hybridized carbons (Fsp3) is 0.167. The molecule has 1 amide bonds. The summed E-state index contributed by atoms with van der Waals surface area (Å²) in [7, 11) is 1.57. The Morgan fingerprint density at radius 1 is 1.10 bits per heavy atom. The van der Waals surface area contributed by atoms with Gasteiger partial charge in [0.25, 0.3) is 5.91 Å². The topological polar surface area (TPSA) is 64.9 Å². The summed E-state index contributed by atoms with van der Waals surface area (Å²) < 4.78 is 13.0. The van der Waals surface area contributed by atoms with Crippen molar-refractivity contribution < 1.29 is 14.3 Å². The summed E-state index contributed by atoms with van der Waals surface area (Å²) in [5.74, 6) is 0.954. The van der Waals surface area contributed by atoms with Crippen molar-refractivity contribution in [1.82, 2.24) is 9.38 Å². The first-order valence-corrected chi connectivity index (χ1v) is 9.65. The Bertz CT molecular complexity index is 1200. The van der Waals surface area contributed by atoms with Crippen LogP contribution in [0, 0.1) is 13.8 Å². The molecule has 0 aliphatic heterocycles. The highest BCUT2D eigenvalue weighted by atomic mass is 16.5. The minimum atomic E-state index is -0.267. The number of carbonyl (C=O) groups is 1. The molecule has 2 aromatic heterocycles. The summed E-state index contributed by atoms with van der Waals surface area (Å²) in [5, 5.41) is 2.87. The molecule has 0 aliphatic rings. The van der Waals surface area contributed by atoms with Crippen LogP contribution in [0.2, 0.25) is 0 Å². The average Bonchev–Trinajstić information content (AvgIpc) is 3.19. The summed E-state index contributed by atoms with van der Waals surface area (Å²) in [6, 6.07) is 17.2. The van der Waals surface area contributed by atoms with E-state index in [2.05, 4.69) is 5.32 Å². The van der Waals surface area contributed by atoms with Crippen molar-refractivity contribution in [2.75, 3.05) is 19.0 Å². The highest BCUT2D eigenvalue weighted by Gasteiger charge is 2.12. The predicted octanol–water partition coefficient (Wildman–Crippen LogP) is 4.64. The molecule has 2 heterocycles. The number of aromatic nitrogens is 2. The van der Waals surface area contributed by atoms with E-state index < -0.39 is 0 Å². The van der Waals surface area contributed by atoms with Gasteiger partial charge >= 0.3 is 0 Å². The summed E-state index contributed by atoms with van der Waals surface area (Å²) >= 11 is 0. The van der Waals surface area contributed by atoms with Crippen molar-refractivity contribution in [1.29, 1.82) is 0 Å². The van der Waals surface area contributed by atoms with Gasteiger partial charge in [-0.3, -0.25) is 4.79 Å². The molecule has 0 saturated heterocycles. The molecule has 152 valence electrons. The third kappa shape index (κ3) is 4.12. The van der Waals surface area contributed by atoms with Crippen LogP contribution in [0.4, 0.5) is 5.69 Å². The van der Waals surface area contributed by atoms with Gasteiger partial charge in [0.05, 0.1) is 18.5 Å². The number of aryl methyl sites for hydroxylation is 2. The molecule has 2 aromatic carbocycles. The molecule has 0 saturated carbocycles. The van der Waals surface area contributed by atoms with Crippen LogP contribution in [0.25, 0.3) is 16.9 Å². The normalized spacial score (nSPS) is 10.8. The molecule has 6 heteroatoms. The van der Waals surface area contributed by atoms with E-state index >= 15 is 0 Å². The van der Waals surface area contributed by atoms with E-state index in [4.69, 9.17) is 14.5 Å². The fourth-order valence-electron chi connectivity index (χ4n) is 3.23. The lowest BCUT2D eigenvalue weighted by Crippen LogP contribution is -2.20. The van der Waals surface area contributed by atoms with Crippen LogP contribution in [0.5, 0.6) is 11.5 Å². The number of hydrogen-bond acceptors (Lipinski definition) is 4. The molecular weight excluding hydrogens is 378 g/mol. The number of benzene rings is 2. The SMILES string of the molecule is COc1ccc(-c2cn3cccc(C)c3n2)cc1NC(=O)COc1ccc(C)cc1. The third-order valence-corrected chi connectivity index (χ3v) is 4.84. The lowest BCUT2D eigenvalue weighted by molar-refractivity contribution is -0.118. The monoisotopic (exact) mass is 401 g/mol.